The molecule has 224 valence electrons. The van der Waals surface area contributed by atoms with E-state index in [4.69, 9.17) is 9.47 Å². The predicted octanol–water partition coefficient (Wildman–Crippen LogP) is 4.57. The minimum atomic E-state index is -1.16. The lowest BCUT2D eigenvalue weighted by Crippen LogP contribution is -2.60. The molecule has 0 bridgehead atoms. The van der Waals surface area contributed by atoms with Gasteiger partial charge in [-0.15, -0.1) is 0 Å². The number of para-hydroxylation sites is 1. The molecule has 0 aromatic heterocycles. The Morgan fingerprint density at radius 1 is 1.07 bits per heavy atom. The van der Waals surface area contributed by atoms with E-state index in [9.17, 15) is 24.9 Å². The molecular formula is C32H44N2O7. The third-order valence-electron chi connectivity index (χ3n) is 7.81. The Balaban J connectivity index is 1.88. The van der Waals surface area contributed by atoms with Crippen molar-refractivity contribution in [2.45, 2.75) is 76.5 Å². The first-order valence-corrected chi connectivity index (χ1v) is 14.3. The number of aliphatic carboxylic acids is 2. The van der Waals surface area contributed by atoms with E-state index in [2.05, 4.69) is 17.6 Å². The van der Waals surface area contributed by atoms with E-state index >= 15 is 0 Å². The molecule has 41 heavy (non-hydrogen) atoms. The number of benzene rings is 2. The standard InChI is InChI=1S/C32H44N2O7/c1-5-6-8-13-23(33-19-24(35)20-41-25-14-9-7-10-15-25)18-32(3)29(31(38)39)28(27(30(36)37)21(2)34-32)22-12-11-16-26(17-22)40-4/h7,9-12,14-17,23-24,28-29,33-35H,5-6,8,13,18-20H2,1-4H3,(H,36,37)(H,38,39). The minimum Gasteiger partial charge on any atom is -0.497 e. The molecule has 3 rings (SSSR count). The number of hydrogen-bond donors (Lipinski definition) is 5. The summed E-state index contributed by atoms with van der Waals surface area (Å²) in [4.78, 5) is 25.4. The molecule has 1 heterocycles. The van der Waals surface area contributed by atoms with Crippen LogP contribution in [-0.4, -0.2) is 65.2 Å². The average Bonchev–Trinajstić information content (AvgIpc) is 2.94. The number of nitrogens with one attached hydrogen (secondary N) is 2. The van der Waals surface area contributed by atoms with E-state index in [1.54, 1.807) is 31.2 Å². The maximum absolute atomic E-state index is 12.9. The number of carboxylic acids is 2. The van der Waals surface area contributed by atoms with Crippen molar-refractivity contribution in [3.63, 3.8) is 0 Å². The van der Waals surface area contributed by atoms with Gasteiger partial charge in [0.15, 0.2) is 0 Å². The first-order chi connectivity index (χ1) is 19.6. The first kappa shape index (κ1) is 32.0. The van der Waals surface area contributed by atoms with Gasteiger partial charge in [0.2, 0.25) is 0 Å². The maximum Gasteiger partial charge on any atom is 0.333 e. The summed E-state index contributed by atoms with van der Waals surface area (Å²) in [5, 5.41) is 38.1. The summed E-state index contributed by atoms with van der Waals surface area (Å²) < 4.78 is 11.1. The lowest BCUT2D eigenvalue weighted by molar-refractivity contribution is -0.146. The number of aliphatic hydroxyl groups excluding tert-OH is 1. The van der Waals surface area contributed by atoms with Crippen LogP contribution in [0.3, 0.4) is 0 Å². The third kappa shape index (κ3) is 8.47. The lowest BCUT2D eigenvalue weighted by Gasteiger charge is -2.47. The van der Waals surface area contributed by atoms with Gasteiger partial charge >= 0.3 is 11.9 Å². The zero-order chi connectivity index (χ0) is 30.0. The van der Waals surface area contributed by atoms with E-state index < -0.39 is 35.4 Å². The fourth-order valence-corrected chi connectivity index (χ4v) is 5.92. The summed E-state index contributed by atoms with van der Waals surface area (Å²) in [7, 11) is 1.52. The van der Waals surface area contributed by atoms with Crippen LogP contribution in [-0.2, 0) is 9.59 Å². The Labute approximate surface area is 242 Å². The van der Waals surface area contributed by atoms with Crippen molar-refractivity contribution in [2.24, 2.45) is 5.92 Å². The molecule has 0 spiro atoms. The molecule has 0 saturated heterocycles. The van der Waals surface area contributed by atoms with Crippen LogP contribution in [0.1, 0.15) is 64.4 Å². The molecule has 5 atom stereocenters. The van der Waals surface area contributed by atoms with E-state index in [0.29, 0.717) is 29.2 Å². The number of carboxylic acid groups (broad SMARTS) is 2. The molecule has 5 unspecified atom stereocenters. The Kier molecular flexibility index (Phi) is 11.6. The van der Waals surface area contributed by atoms with Crippen LogP contribution in [0.15, 0.2) is 65.9 Å². The van der Waals surface area contributed by atoms with E-state index in [1.807, 2.05) is 37.3 Å². The summed E-state index contributed by atoms with van der Waals surface area (Å²) in [6, 6.07) is 16.1. The molecule has 0 radical (unpaired) electrons. The second-order valence-electron chi connectivity index (χ2n) is 11.0. The molecular weight excluding hydrogens is 524 g/mol. The second-order valence-corrected chi connectivity index (χ2v) is 11.0. The number of hydrogen-bond acceptors (Lipinski definition) is 7. The van der Waals surface area contributed by atoms with Gasteiger partial charge < -0.3 is 35.4 Å². The molecule has 5 N–H and O–H groups in total. The smallest absolute Gasteiger partial charge is 0.333 e. The number of carbonyl (C=O) groups is 2. The highest BCUT2D eigenvalue weighted by atomic mass is 16.5. The zero-order valence-corrected chi connectivity index (χ0v) is 24.4. The SMILES string of the molecule is CCCCCC(CC1(C)NC(C)=C(C(=O)O)C(c2cccc(OC)c2)C1C(=O)O)NCC(O)COc1ccccc1. The van der Waals surface area contributed by atoms with E-state index in [1.165, 1.54) is 7.11 Å². The van der Waals surface area contributed by atoms with Gasteiger partial charge in [-0.05, 0) is 56.5 Å². The molecule has 2 aromatic carbocycles. The number of aliphatic hydroxyl groups is 1. The van der Waals surface area contributed by atoms with Gasteiger partial charge in [0.25, 0.3) is 0 Å². The predicted molar refractivity (Wildman–Crippen MR) is 157 cm³/mol. The van der Waals surface area contributed by atoms with Crippen molar-refractivity contribution in [1.82, 2.24) is 10.6 Å². The van der Waals surface area contributed by atoms with Gasteiger partial charge in [-0.3, -0.25) is 4.79 Å². The molecule has 2 aromatic rings. The molecule has 0 fully saturated rings. The van der Waals surface area contributed by atoms with Crippen LogP contribution in [0.5, 0.6) is 11.5 Å². The van der Waals surface area contributed by atoms with Crippen LogP contribution in [0, 0.1) is 5.92 Å². The van der Waals surface area contributed by atoms with Crippen molar-refractivity contribution in [3.05, 3.63) is 71.4 Å². The van der Waals surface area contributed by atoms with Gasteiger partial charge in [0.1, 0.15) is 24.2 Å². The number of allylic oxidation sites excluding steroid dienone is 1. The van der Waals surface area contributed by atoms with E-state index in [-0.39, 0.29) is 24.8 Å². The van der Waals surface area contributed by atoms with Crippen molar-refractivity contribution in [3.8, 4) is 11.5 Å². The zero-order valence-electron chi connectivity index (χ0n) is 24.4. The van der Waals surface area contributed by atoms with Crippen molar-refractivity contribution >= 4 is 11.9 Å². The fraction of sp³-hybridized carbons (Fsp3) is 0.500. The highest BCUT2D eigenvalue weighted by Crippen LogP contribution is 2.46. The van der Waals surface area contributed by atoms with Crippen LogP contribution in [0.4, 0.5) is 0 Å². The Morgan fingerprint density at radius 3 is 2.41 bits per heavy atom. The Morgan fingerprint density at radius 2 is 1.78 bits per heavy atom. The van der Waals surface area contributed by atoms with Crippen LogP contribution < -0.4 is 20.1 Å². The van der Waals surface area contributed by atoms with Crippen LogP contribution in [0.25, 0.3) is 0 Å². The molecule has 9 nitrogen and oxygen atoms in total. The van der Waals surface area contributed by atoms with Gasteiger partial charge in [-0.2, -0.15) is 0 Å². The summed E-state index contributed by atoms with van der Waals surface area (Å²) in [6.45, 7) is 6.05. The Bertz CT molecular complexity index is 1190. The largest absolute Gasteiger partial charge is 0.497 e. The molecule has 0 amide bonds. The highest BCUT2D eigenvalue weighted by Gasteiger charge is 2.52. The molecule has 1 aliphatic rings. The second kappa shape index (κ2) is 14.9. The number of ether oxygens (including phenoxy) is 2. The van der Waals surface area contributed by atoms with Crippen LogP contribution in [0.2, 0.25) is 0 Å². The number of methoxy groups -OCH3 is 1. The monoisotopic (exact) mass is 568 g/mol. The number of rotatable bonds is 16. The molecule has 1 aliphatic heterocycles. The van der Waals surface area contributed by atoms with Gasteiger partial charge in [0, 0.05) is 29.7 Å². The average molecular weight is 569 g/mol. The van der Waals surface area contributed by atoms with Crippen molar-refractivity contribution in [1.29, 1.82) is 0 Å². The summed E-state index contributed by atoms with van der Waals surface area (Å²) >= 11 is 0. The summed E-state index contributed by atoms with van der Waals surface area (Å²) in [5.41, 5.74) is 0.0593. The highest BCUT2D eigenvalue weighted by molar-refractivity contribution is 5.92. The van der Waals surface area contributed by atoms with Crippen molar-refractivity contribution in [2.75, 3.05) is 20.3 Å². The molecule has 9 heteroatoms. The maximum atomic E-state index is 12.9. The fourth-order valence-electron chi connectivity index (χ4n) is 5.92. The van der Waals surface area contributed by atoms with Gasteiger partial charge in [-0.1, -0.05) is 56.5 Å². The van der Waals surface area contributed by atoms with Crippen LogP contribution >= 0.6 is 0 Å². The van der Waals surface area contributed by atoms with Gasteiger partial charge in [0.05, 0.1) is 18.6 Å². The quantitative estimate of drug-likeness (QED) is 0.184. The normalized spacial score (nSPS) is 22.0. The molecule has 0 saturated carbocycles. The molecule has 0 aliphatic carbocycles. The Hall–Kier alpha value is -3.56. The minimum absolute atomic E-state index is 0.0344. The topological polar surface area (TPSA) is 137 Å². The van der Waals surface area contributed by atoms with Crippen molar-refractivity contribution < 1.29 is 34.4 Å². The summed E-state index contributed by atoms with van der Waals surface area (Å²) in [6.07, 6.45) is 3.42. The number of unbranched alkanes of at least 4 members (excludes halogenated alkanes) is 2. The first-order valence-electron chi connectivity index (χ1n) is 14.3. The summed E-state index contributed by atoms with van der Waals surface area (Å²) in [5.74, 6) is -3.01. The lowest BCUT2D eigenvalue weighted by atomic mass is 9.65. The third-order valence-corrected chi connectivity index (χ3v) is 7.81. The van der Waals surface area contributed by atoms with Gasteiger partial charge in [-0.25, -0.2) is 4.79 Å². The van der Waals surface area contributed by atoms with E-state index in [0.717, 1.165) is 25.7 Å².